The van der Waals surface area contributed by atoms with Crippen LogP contribution in [0.4, 0.5) is 0 Å². The molecule has 0 aliphatic carbocycles. The van der Waals surface area contributed by atoms with E-state index in [1.165, 1.54) is 0 Å². The Morgan fingerprint density at radius 1 is 1.56 bits per heavy atom. The molecule has 18 heavy (non-hydrogen) atoms. The molecule has 0 saturated carbocycles. The van der Waals surface area contributed by atoms with Gasteiger partial charge in [-0.2, -0.15) is 0 Å². The molecular formula is C12H22N2O4. The number of amides is 1. The van der Waals surface area contributed by atoms with Crippen LogP contribution in [0.15, 0.2) is 0 Å². The van der Waals surface area contributed by atoms with Crippen molar-refractivity contribution < 1.29 is 19.4 Å². The maximum atomic E-state index is 11.8. The lowest BCUT2D eigenvalue weighted by molar-refractivity contribution is -0.142. The van der Waals surface area contributed by atoms with Crippen LogP contribution in [-0.4, -0.2) is 60.8 Å². The first kappa shape index (κ1) is 14.9. The van der Waals surface area contributed by atoms with Crippen molar-refractivity contribution in [1.29, 1.82) is 0 Å². The molecule has 1 amide bonds. The highest BCUT2D eigenvalue weighted by molar-refractivity contribution is 5.78. The lowest BCUT2D eigenvalue weighted by Gasteiger charge is -2.23. The first-order valence-electron chi connectivity index (χ1n) is 6.20. The SMILES string of the molecule is COCC(C)NC(=O)CN1CCC(C(=O)O)C1C. The zero-order valence-electron chi connectivity index (χ0n) is 11.2. The van der Waals surface area contributed by atoms with Gasteiger partial charge in [-0.25, -0.2) is 0 Å². The lowest BCUT2D eigenvalue weighted by Crippen LogP contribution is -2.44. The molecule has 6 heteroatoms. The molecule has 1 aliphatic heterocycles. The Bertz CT molecular complexity index is 308. The zero-order chi connectivity index (χ0) is 13.7. The van der Waals surface area contributed by atoms with Crippen molar-refractivity contribution in [2.45, 2.75) is 32.4 Å². The predicted octanol–water partition coefficient (Wildman–Crippen LogP) is -0.0675. The lowest BCUT2D eigenvalue weighted by atomic mass is 10.0. The molecule has 3 atom stereocenters. The van der Waals surface area contributed by atoms with Crippen molar-refractivity contribution in [3.8, 4) is 0 Å². The fourth-order valence-corrected chi connectivity index (χ4v) is 2.35. The van der Waals surface area contributed by atoms with Crippen LogP contribution in [0.2, 0.25) is 0 Å². The molecule has 3 unspecified atom stereocenters. The van der Waals surface area contributed by atoms with Gasteiger partial charge in [0.25, 0.3) is 0 Å². The first-order valence-corrected chi connectivity index (χ1v) is 6.20. The molecule has 0 aromatic heterocycles. The second kappa shape index (κ2) is 6.70. The number of nitrogens with zero attached hydrogens (tertiary/aromatic N) is 1. The fraction of sp³-hybridized carbons (Fsp3) is 0.833. The van der Waals surface area contributed by atoms with Crippen LogP contribution in [0.1, 0.15) is 20.3 Å². The summed E-state index contributed by atoms with van der Waals surface area (Å²) in [6, 6.07) is -0.123. The smallest absolute Gasteiger partial charge is 0.308 e. The van der Waals surface area contributed by atoms with Crippen LogP contribution in [0.3, 0.4) is 0 Å². The Hall–Kier alpha value is -1.14. The van der Waals surface area contributed by atoms with E-state index in [0.717, 1.165) is 0 Å². The molecule has 104 valence electrons. The minimum atomic E-state index is -0.779. The highest BCUT2D eigenvalue weighted by atomic mass is 16.5. The molecule has 1 aliphatic rings. The van der Waals surface area contributed by atoms with Gasteiger partial charge in [-0.05, 0) is 26.8 Å². The average Bonchev–Trinajstić information content (AvgIpc) is 2.60. The highest BCUT2D eigenvalue weighted by Gasteiger charge is 2.36. The van der Waals surface area contributed by atoms with Gasteiger partial charge >= 0.3 is 5.97 Å². The molecule has 6 nitrogen and oxygen atoms in total. The standard InChI is InChI=1S/C12H22N2O4/c1-8(7-18-3)13-11(15)6-14-5-4-10(9(14)2)12(16)17/h8-10H,4-7H2,1-3H3,(H,13,15)(H,16,17). The Labute approximate surface area is 107 Å². The van der Waals surface area contributed by atoms with Gasteiger partial charge in [-0.3, -0.25) is 14.5 Å². The van der Waals surface area contributed by atoms with E-state index in [-0.39, 0.29) is 30.5 Å². The molecule has 0 radical (unpaired) electrons. The van der Waals surface area contributed by atoms with Gasteiger partial charge in [0.2, 0.25) is 5.91 Å². The van der Waals surface area contributed by atoms with Crippen molar-refractivity contribution in [3.63, 3.8) is 0 Å². The second-order valence-electron chi connectivity index (χ2n) is 4.87. The van der Waals surface area contributed by atoms with E-state index in [1.54, 1.807) is 7.11 Å². The third-order valence-corrected chi connectivity index (χ3v) is 3.37. The monoisotopic (exact) mass is 258 g/mol. The summed E-state index contributed by atoms with van der Waals surface area (Å²) in [6.07, 6.45) is 0.609. The summed E-state index contributed by atoms with van der Waals surface area (Å²) < 4.78 is 4.94. The quantitative estimate of drug-likeness (QED) is 0.697. The number of nitrogens with one attached hydrogen (secondary N) is 1. The number of ether oxygens (including phenoxy) is 1. The zero-order valence-corrected chi connectivity index (χ0v) is 11.2. The molecular weight excluding hydrogens is 236 g/mol. The van der Waals surface area contributed by atoms with Crippen LogP contribution >= 0.6 is 0 Å². The third-order valence-electron chi connectivity index (χ3n) is 3.37. The summed E-state index contributed by atoms with van der Waals surface area (Å²) in [5.74, 6) is -1.23. The normalized spacial score (nSPS) is 25.9. The van der Waals surface area contributed by atoms with Crippen LogP contribution in [-0.2, 0) is 14.3 Å². The van der Waals surface area contributed by atoms with Crippen molar-refractivity contribution in [2.24, 2.45) is 5.92 Å². The topological polar surface area (TPSA) is 78.9 Å². The Morgan fingerprint density at radius 3 is 2.72 bits per heavy atom. The van der Waals surface area contributed by atoms with Gasteiger partial charge in [0.15, 0.2) is 0 Å². The minimum absolute atomic E-state index is 0.0318. The summed E-state index contributed by atoms with van der Waals surface area (Å²) in [7, 11) is 1.59. The van der Waals surface area contributed by atoms with Gasteiger partial charge in [-0.15, -0.1) is 0 Å². The van der Waals surface area contributed by atoms with Gasteiger partial charge < -0.3 is 15.2 Å². The highest BCUT2D eigenvalue weighted by Crippen LogP contribution is 2.23. The predicted molar refractivity (Wildman–Crippen MR) is 66.3 cm³/mol. The molecule has 0 spiro atoms. The third kappa shape index (κ3) is 3.96. The number of methoxy groups -OCH3 is 1. The molecule has 1 heterocycles. The molecule has 2 N–H and O–H groups in total. The van der Waals surface area contributed by atoms with Crippen molar-refractivity contribution in [1.82, 2.24) is 10.2 Å². The number of carbonyl (C=O) groups excluding carboxylic acids is 1. The Balaban J connectivity index is 2.39. The number of likely N-dealkylation sites (tertiary alicyclic amines) is 1. The summed E-state index contributed by atoms with van der Waals surface area (Å²) in [6.45, 7) is 5.11. The molecule has 1 rings (SSSR count). The van der Waals surface area contributed by atoms with Crippen molar-refractivity contribution in [3.05, 3.63) is 0 Å². The van der Waals surface area contributed by atoms with E-state index in [1.807, 2.05) is 18.7 Å². The maximum Gasteiger partial charge on any atom is 0.308 e. The van der Waals surface area contributed by atoms with E-state index in [4.69, 9.17) is 9.84 Å². The number of hydrogen-bond acceptors (Lipinski definition) is 4. The van der Waals surface area contributed by atoms with Crippen molar-refractivity contribution in [2.75, 3.05) is 26.8 Å². The van der Waals surface area contributed by atoms with E-state index < -0.39 is 5.97 Å². The summed E-state index contributed by atoms with van der Waals surface area (Å²) in [4.78, 5) is 24.6. The number of carboxylic acids is 1. The van der Waals surface area contributed by atoms with Crippen LogP contribution < -0.4 is 5.32 Å². The minimum Gasteiger partial charge on any atom is -0.481 e. The molecule has 0 aromatic rings. The fourth-order valence-electron chi connectivity index (χ4n) is 2.35. The van der Waals surface area contributed by atoms with Gasteiger partial charge in [0, 0.05) is 19.2 Å². The largest absolute Gasteiger partial charge is 0.481 e. The second-order valence-corrected chi connectivity index (χ2v) is 4.87. The van der Waals surface area contributed by atoms with Crippen LogP contribution in [0, 0.1) is 5.92 Å². The summed E-state index contributed by atoms with van der Waals surface area (Å²) in [5, 5.41) is 11.8. The molecule has 1 fully saturated rings. The van der Waals surface area contributed by atoms with Crippen molar-refractivity contribution >= 4 is 11.9 Å². The number of hydrogen-bond donors (Lipinski definition) is 2. The van der Waals surface area contributed by atoms with E-state index in [9.17, 15) is 9.59 Å². The van der Waals surface area contributed by atoms with Gasteiger partial charge in [0.05, 0.1) is 19.1 Å². The van der Waals surface area contributed by atoms with Gasteiger partial charge in [-0.1, -0.05) is 0 Å². The van der Waals surface area contributed by atoms with E-state index >= 15 is 0 Å². The summed E-state index contributed by atoms with van der Waals surface area (Å²) >= 11 is 0. The van der Waals surface area contributed by atoms with Crippen LogP contribution in [0.5, 0.6) is 0 Å². The number of rotatable bonds is 6. The molecule has 0 bridgehead atoms. The maximum absolute atomic E-state index is 11.8. The number of carboxylic acid groups (broad SMARTS) is 1. The average molecular weight is 258 g/mol. The molecule has 0 aromatic carbocycles. The van der Waals surface area contributed by atoms with E-state index in [0.29, 0.717) is 19.6 Å². The van der Waals surface area contributed by atoms with Crippen LogP contribution in [0.25, 0.3) is 0 Å². The molecule has 1 saturated heterocycles. The number of aliphatic carboxylic acids is 1. The Morgan fingerprint density at radius 2 is 2.22 bits per heavy atom. The van der Waals surface area contributed by atoms with E-state index in [2.05, 4.69) is 5.32 Å². The van der Waals surface area contributed by atoms with Gasteiger partial charge in [0.1, 0.15) is 0 Å². The Kier molecular flexibility index (Phi) is 5.55. The number of carbonyl (C=O) groups is 2. The summed E-state index contributed by atoms with van der Waals surface area (Å²) in [5.41, 5.74) is 0. The first-order chi connectivity index (χ1) is 8.45.